The van der Waals surface area contributed by atoms with Crippen LogP contribution in [0, 0.1) is 11.3 Å². The molecule has 4 nitrogen and oxygen atoms in total. The Labute approximate surface area is 90.0 Å². The number of rotatable bonds is 3. The third kappa shape index (κ3) is 5.30. The smallest absolute Gasteiger partial charge is 0.382 e. The van der Waals surface area contributed by atoms with Crippen molar-refractivity contribution in [2.24, 2.45) is 11.3 Å². The second-order valence-corrected chi connectivity index (χ2v) is 4.95. The molecular formula is C11H18O4. The van der Waals surface area contributed by atoms with Gasteiger partial charge in [-0.25, -0.2) is 4.79 Å². The molecular weight excluding hydrogens is 196 g/mol. The van der Waals surface area contributed by atoms with Gasteiger partial charge in [-0.1, -0.05) is 13.8 Å². The molecule has 0 unspecified atom stereocenters. The highest BCUT2D eigenvalue weighted by atomic mass is 16.6. The van der Waals surface area contributed by atoms with Gasteiger partial charge in [0.2, 0.25) is 5.78 Å². The number of hydrogen-bond donors (Lipinski definition) is 0. The predicted molar refractivity (Wildman–Crippen MR) is 55.0 cm³/mol. The van der Waals surface area contributed by atoms with Gasteiger partial charge in [0.25, 0.3) is 0 Å². The maximum atomic E-state index is 11.3. The number of ketones is 1. The standard InChI is InChI=1S/C11H18O4/c1-7(2)6-8(12)9(13)15-10(14)11(3,4)5/h7H,6H2,1-5H3. The van der Waals surface area contributed by atoms with Crippen LogP contribution in [0.25, 0.3) is 0 Å². The molecule has 0 aromatic carbocycles. The third-order valence-corrected chi connectivity index (χ3v) is 1.62. The van der Waals surface area contributed by atoms with Gasteiger partial charge in [-0.15, -0.1) is 0 Å². The van der Waals surface area contributed by atoms with E-state index in [9.17, 15) is 14.4 Å². The highest BCUT2D eigenvalue weighted by molar-refractivity contribution is 6.35. The van der Waals surface area contributed by atoms with E-state index >= 15 is 0 Å². The minimum absolute atomic E-state index is 0.0785. The molecule has 0 saturated heterocycles. The molecule has 15 heavy (non-hydrogen) atoms. The van der Waals surface area contributed by atoms with Crippen LogP contribution in [0.5, 0.6) is 0 Å². The summed E-state index contributed by atoms with van der Waals surface area (Å²) in [6.45, 7) is 8.49. The number of esters is 2. The zero-order valence-corrected chi connectivity index (χ0v) is 9.92. The maximum absolute atomic E-state index is 11.3. The Bertz CT molecular complexity index is 271. The maximum Gasteiger partial charge on any atom is 0.382 e. The highest BCUT2D eigenvalue weighted by Crippen LogP contribution is 2.15. The fourth-order valence-electron chi connectivity index (χ4n) is 0.748. The molecule has 0 radical (unpaired) electrons. The number of carbonyl (C=O) groups is 3. The second kappa shape index (κ2) is 5.05. The van der Waals surface area contributed by atoms with Gasteiger partial charge in [-0.3, -0.25) is 9.59 Å². The van der Waals surface area contributed by atoms with Gasteiger partial charge in [-0.2, -0.15) is 0 Å². The Morgan fingerprint density at radius 3 is 1.93 bits per heavy atom. The molecule has 0 bridgehead atoms. The van der Waals surface area contributed by atoms with Crippen molar-refractivity contribution in [3.8, 4) is 0 Å². The SMILES string of the molecule is CC(C)CC(=O)C(=O)OC(=O)C(C)(C)C. The molecule has 86 valence electrons. The molecule has 4 heteroatoms. The van der Waals surface area contributed by atoms with Crippen molar-refractivity contribution in [3.05, 3.63) is 0 Å². The Balaban J connectivity index is 4.27. The van der Waals surface area contributed by atoms with Crippen molar-refractivity contribution in [3.63, 3.8) is 0 Å². The van der Waals surface area contributed by atoms with Crippen LogP contribution in [0.3, 0.4) is 0 Å². The largest absolute Gasteiger partial charge is 0.387 e. The van der Waals surface area contributed by atoms with Crippen LogP contribution in [0.4, 0.5) is 0 Å². The average molecular weight is 214 g/mol. The van der Waals surface area contributed by atoms with Crippen LogP contribution in [0.15, 0.2) is 0 Å². The van der Waals surface area contributed by atoms with Crippen molar-refractivity contribution < 1.29 is 19.1 Å². The molecule has 0 amide bonds. The molecule has 0 aliphatic carbocycles. The first-order valence-electron chi connectivity index (χ1n) is 4.94. The summed E-state index contributed by atoms with van der Waals surface area (Å²) in [4.78, 5) is 33.6. The molecule has 0 aromatic rings. The lowest BCUT2D eigenvalue weighted by atomic mass is 9.97. The lowest BCUT2D eigenvalue weighted by Crippen LogP contribution is -2.29. The van der Waals surface area contributed by atoms with Crippen LogP contribution in [-0.2, 0) is 19.1 Å². The van der Waals surface area contributed by atoms with Gasteiger partial charge in [0, 0.05) is 6.42 Å². The fraction of sp³-hybridized carbons (Fsp3) is 0.727. The number of ether oxygens (including phenoxy) is 1. The average Bonchev–Trinajstić information content (AvgIpc) is 2.00. The first kappa shape index (κ1) is 13.8. The van der Waals surface area contributed by atoms with E-state index in [1.807, 2.05) is 13.8 Å². The van der Waals surface area contributed by atoms with E-state index in [1.54, 1.807) is 20.8 Å². The second-order valence-electron chi connectivity index (χ2n) is 4.95. The van der Waals surface area contributed by atoms with E-state index in [2.05, 4.69) is 4.74 Å². The van der Waals surface area contributed by atoms with Crippen molar-refractivity contribution in [2.45, 2.75) is 41.0 Å². The minimum Gasteiger partial charge on any atom is -0.387 e. The van der Waals surface area contributed by atoms with Gasteiger partial charge in [0.1, 0.15) is 0 Å². The van der Waals surface area contributed by atoms with Gasteiger partial charge in [-0.05, 0) is 26.7 Å². The minimum atomic E-state index is -1.05. The summed E-state index contributed by atoms with van der Waals surface area (Å²) < 4.78 is 4.45. The quantitative estimate of drug-likeness (QED) is 0.407. The first-order valence-corrected chi connectivity index (χ1v) is 4.94. The van der Waals surface area contributed by atoms with Crippen molar-refractivity contribution in [2.75, 3.05) is 0 Å². The molecule has 0 aromatic heterocycles. The molecule has 0 aliphatic heterocycles. The highest BCUT2D eigenvalue weighted by Gasteiger charge is 2.28. The van der Waals surface area contributed by atoms with E-state index in [1.165, 1.54) is 0 Å². The van der Waals surface area contributed by atoms with E-state index in [0.29, 0.717) is 0 Å². The topological polar surface area (TPSA) is 60.4 Å². The molecule has 0 aliphatic rings. The zero-order chi connectivity index (χ0) is 12.2. The predicted octanol–water partition coefficient (Wildman–Crippen LogP) is 1.72. The van der Waals surface area contributed by atoms with Crippen LogP contribution in [0.1, 0.15) is 41.0 Å². The third-order valence-electron chi connectivity index (χ3n) is 1.62. The summed E-state index contributed by atoms with van der Waals surface area (Å²) in [5, 5.41) is 0. The van der Waals surface area contributed by atoms with E-state index < -0.39 is 23.1 Å². The van der Waals surface area contributed by atoms with Gasteiger partial charge >= 0.3 is 11.9 Å². The lowest BCUT2D eigenvalue weighted by molar-refractivity contribution is -0.169. The summed E-state index contributed by atoms with van der Waals surface area (Å²) in [7, 11) is 0. The van der Waals surface area contributed by atoms with Crippen molar-refractivity contribution in [1.29, 1.82) is 0 Å². The van der Waals surface area contributed by atoms with Gasteiger partial charge < -0.3 is 4.74 Å². The van der Waals surface area contributed by atoms with Crippen LogP contribution in [0.2, 0.25) is 0 Å². The van der Waals surface area contributed by atoms with E-state index in [-0.39, 0.29) is 12.3 Å². The van der Waals surface area contributed by atoms with Crippen LogP contribution in [-0.4, -0.2) is 17.7 Å². The van der Waals surface area contributed by atoms with Gasteiger partial charge in [0.05, 0.1) is 5.41 Å². The lowest BCUT2D eigenvalue weighted by Gasteiger charge is -2.14. The van der Waals surface area contributed by atoms with Crippen LogP contribution < -0.4 is 0 Å². The monoisotopic (exact) mass is 214 g/mol. The number of Topliss-reactive ketones (excluding diaryl/α,β-unsaturated/α-hetero) is 1. The summed E-state index contributed by atoms with van der Waals surface area (Å²) in [5.41, 5.74) is -0.770. The summed E-state index contributed by atoms with van der Waals surface area (Å²) >= 11 is 0. The normalized spacial score (nSPS) is 11.3. The van der Waals surface area contributed by atoms with Crippen molar-refractivity contribution in [1.82, 2.24) is 0 Å². The first-order chi connectivity index (χ1) is 6.64. The van der Waals surface area contributed by atoms with E-state index in [4.69, 9.17) is 0 Å². The Morgan fingerprint density at radius 1 is 1.13 bits per heavy atom. The van der Waals surface area contributed by atoms with Crippen molar-refractivity contribution >= 4 is 17.7 Å². The molecule has 0 N–H and O–H groups in total. The molecule has 0 atom stereocenters. The van der Waals surface area contributed by atoms with Crippen LogP contribution >= 0.6 is 0 Å². The molecule has 0 rings (SSSR count). The molecule has 0 fully saturated rings. The summed E-state index contributed by atoms with van der Waals surface area (Å²) in [5.74, 6) is -2.30. The summed E-state index contributed by atoms with van der Waals surface area (Å²) in [6.07, 6.45) is 0.107. The van der Waals surface area contributed by atoms with E-state index in [0.717, 1.165) is 0 Å². The number of hydrogen-bond acceptors (Lipinski definition) is 4. The Kier molecular flexibility index (Phi) is 4.65. The summed E-state index contributed by atoms with van der Waals surface area (Å²) in [6, 6.07) is 0. The Morgan fingerprint density at radius 2 is 1.60 bits per heavy atom. The molecule has 0 heterocycles. The molecule has 0 spiro atoms. The Hall–Kier alpha value is -1.19. The molecule has 0 saturated carbocycles. The number of carbonyl (C=O) groups excluding carboxylic acids is 3. The van der Waals surface area contributed by atoms with Gasteiger partial charge in [0.15, 0.2) is 0 Å². The zero-order valence-electron chi connectivity index (χ0n) is 9.92. The fourth-order valence-corrected chi connectivity index (χ4v) is 0.748.